The number of aliphatic hydroxyl groups is 1. The molecule has 0 aliphatic heterocycles. The van der Waals surface area contributed by atoms with Crippen LogP contribution in [-0.2, 0) is 0 Å². The van der Waals surface area contributed by atoms with Crippen LogP contribution in [0.5, 0.6) is 0 Å². The molecule has 1 rings (SSSR count). The Bertz CT molecular complexity index is 217. The maximum absolute atomic E-state index is 10.1. The fourth-order valence-electron chi connectivity index (χ4n) is 2.05. The van der Waals surface area contributed by atoms with Gasteiger partial charge in [0.25, 0.3) is 0 Å². The predicted octanol–water partition coefficient (Wildman–Crippen LogP) is 3.98. The molecule has 15 heavy (non-hydrogen) atoms. The molecule has 0 bridgehead atoms. The van der Waals surface area contributed by atoms with Gasteiger partial charge in [-0.05, 0) is 12.8 Å². The molecule has 0 heterocycles. The van der Waals surface area contributed by atoms with Crippen LogP contribution in [0.3, 0.4) is 0 Å². The molecular weight excluding hydrogens is 184 g/mol. The molecule has 0 radical (unpaired) electrons. The molecule has 1 unspecified atom stereocenters. The third-order valence-electron chi connectivity index (χ3n) is 3.09. The Morgan fingerprint density at radius 1 is 1.07 bits per heavy atom. The molecule has 0 spiro atoms. The highest BCUT2D eigenvalue weighted by Crippen LogP contribution is 2.24. The van der Waals surface area contributed by atoms with Crippen molar-refractivity contribution in [2.24, 2.45) is 0 Å². The number of hydrogen-bond acceptors (Lipinski definition) is 1. The van der Waals surface area contributed by atoms with E-state index in [9.17, 15) is 5.11 Å². The Morgan fingerprint density at radius 2 is 1.80 bits per heavy atom. The molecule has 0 saturated heterocycles. The zero-order valence-electron chi connectivity index (χ0n) is 9.91. The minimum Gasteiger partial charge on any atom is -0.385 e. The van der Waals surface area contributed by atoms with Gasteiger partial charge in [-0.15, -0.1) is 0 Å². The zero-order chi connectivity index (χ0) is 11.0. The summed E-state index contributed by atoms with van der Waals surface area (Å²) in [5, 5.41) is 10.1. The number of unbranched alkanes of at least 4 members (excludes halogenated alkanes) is 5. The molecule has 1 aliphatic carbocycles. The van der Waals surface area contributed by atoms with Gasteiger partial charge in [-0.1, -0.05) is 69.8 Å². The first kappa shape index (κ1) is 12.5. The Balaban J connectivity index is 2.04. The fraction of sp³-hybridized carbons (Fsp3) is 0.714. The van der Waals surface area contributed by atoms with Crippen LogP contribution >= 0.6 is 0 Å². The molecule has 0 aromatic rings. The van der Waals surface area contributed by atoms with Gasteiger partial charge in [0.2, 0.25) is 0 Å². The Kier molecular flexibility index (Phi) is 5.70. The zero-order valence-corrected chi connectivity index (χ0v) is 9.91. The lowest BCUT2D eigenvalue weighted by atomic mass is 9.89. The van der Waals surface area contributed by atoms with E-state index >= 15 is 0 Å². The number of hydrogen-bond donors (Lipinski definition) is 1. The highest BCUT2D eigenvalue weighted by Gasteiger charge is 2.22. The minimum atomic E-state index is -0.542. The van der Waals surface area contributed by atoms with E-state index in [4.69, 9.17) is 0 Å². The summed E-state index contributed by atoms with van der Waals surface area (Å²) in [7, 11) is 0. The molecule has 86 valence electrons. The van der Waals surface area contributed by atoms with E-state index in [1.165, 1.54) is 32.1 Å². The summed E-state index contributed by atoms with van der Waals surface area (Å²) < 4.78 is 0. The summed E-state index contributed by atoms with van der Waals surface area (Å²) in [6.45, 7) is 2.24. The van der Waals surface area contributed by atoms with Gasteiger partial charge in [0.1, 0.15) is 0 Å². The quantitative estimate of drug-likeness (QED) is 0.627. The molecule has 1 nitrogen and oxygen atoms in total. The highest BCUT2D eigenvalue weighted by molar-refractivity contribution is 5.17. The SMILES string of the molecule is CCCCCCCCC1(O)C=CC=CC1. The van der Waals surface area contributed by atoms with Crippen molar-refractivity contribution in [3.63, 3.8) is 0 Å². The molecule has 1 atom stereocenters. The number of rotatable bonds is 7. The van der Waals surface area contributed by atoms with Crippen LogP contribution in [-0.4, -0.2) is 10.7 Å². The van der Waals surface area contributed by atoms with Gasteiger partial charge in [0, 0.05) is 0 Å². The molecule has 0 amide bonds. The van der Waals surface area contributed by atoms with Crippen molar-refractivity contribution < 1.29 is 5.11 Å². The van der Waals surface area contributed by atoms with Gasteiger partial charge in [-0.2, -0.15) is 0 Å². The lowest BCUT2D eigenvalue weighted by Gasteiger charge is -2.24. The third kappa shape index (κ3) is 5.17. The van der Waals surface area contributed by atoms with Crippen LogP contribution in [0.1, 0.15) is 58.3 Å². The van der Waals surface area contributed by atoms with Crippen molar-refractivity contribution in [2.45, 2.75) is 63.9 Å². The molecule has 1 aliphatic rings. The van der Waals surface area contributed by atoms with Crippen molar-refractivity contribution in [1.82, 2.24) is 0 Å². The second kappa shape index (κ2) is 6.84. The van der Waals surface area contributed by atoms with Crippen molar-refractivity contribution in [3.05, 3.63) is 24.3 Å². The van der Waals surface area contributed by atoms with E-state index in [2.05, 4.69) is 13.0 Å². The van der Waals surface area contributed by atoms with Crippen LogP contribution in [0.15, 0.2) is 24.3 Å². The first-order valence-corrected chi connectivity index (χ1v) is 6.33. The Labute approximate surface area is 93.9 Å². The maximum atomic E-state index is 10.1. The van der Waals surface area contributed by atoms with Gasteiger partial charge in [0.15, 0.2) is 0 Å². The van der Waals surface area contributed by atoms with Crippen molar-refractivity contribution in [1.29, 1.82) is 0 Å². The Morgan fingerprint density at radius 3 is 2.47 bits per heavy atom. The summed E-state index contributed by atoms with van der Waals surface area (Å²) >= 11 is 0. The van der Waals surface area contributed by atoms with Gasteiger partial charge >= 0.3 is 0 Å². The third-order valence-corrected chi connectivity index (χ3v) is 3.09. The standard InChI is InChI=1S/C14H24O/c1-2-3-4-5-6-8-11-14(15)12-9-7-10-13-14/h7,9-10,12,15H,2-6,8,11,13H2,1H3. The van der Waals surface area contributed by atoms with E-state index in [1.807, 2.05) is 18.2 Å². The van der Waals surface area contributed by atoms with Crippen LogP contribution in [0, 0.1) is 0 Å². The van der Waals surface area contributed by atoms with Crippen LogP contribution in [0.4, 0.5) is 0 Å². The summed E-state index contributed by atoms with van der Waals surface area (Å²) in [6, 6.07) is 0. The summed E-state index contributed by atoms with van der Waals surface area (Å²) in [4.78, 5) is 0. The van der Waals surface area contributed by atoms with E-state index in [0.29, 0.717) is 0 Å². The van der Waals surface area contributed by atoms with Crippen LogP contribution < -0.4 is 0 Å². The van der Waals surface area contributed by atoms with E-state index in [0.717, 1.165) is 19.3 Å². The second-order valence-electron chi connectivity index (χ2n) is 4.61. The van der Waals surface area contributed by atoms with Crippen molar-refractivity contribution >= 4 is 0 Å². The highest BCUT2D eigenvalue weighted by atomic mass is 16.3. The molecule has 0 fully saturated rings. The predicted molar refractivity (Wildman–Crippen MR) is 65.8 cm³/mol. The van der Waals surface area contributed by atoms with Crippen LogP contribution in [0.2, 0.25) is 0 Å². The largest absolute Gasteiger partial charge is 0.385 e. The maximum Gasteiger partial charge on any atom is 0.0865 e. The van der Waals surface area contributed by atoms with Crippen LogP contribution in [0.25, 0.3) is 0 Å². The number of allylic oxidation sites excluding steroid dienone is 2. The van der Waals surface area contributed by atoms with Gasteiger partial charge < -0.3 is 5.11 Å². The normalized spacial score (nSPS) is 24.7. The van der Waals surface area contributed by atoms with Crippen molar-refractivity contribution in [2.75, 3.05) is 0 Å². The van der Waals surface area contributed by atoms with Crippen molar-refractivity contribution in [3.8, 4) is 0 Å². The topological polar surface area (TPSA) is 20.2 Å². The lowest BCUT2D eigenvalue weighted by molar-refractivity contribution is 0.0803. The molecule has 0 aromatic heterocycles. The smallest absolute Gasteiger partial charge is 0.0865 e. The van der Waals surface area contributed by atoms with Gasteiger partial charge in [0.05, 0.1) is 5.60 Å². The summed E-state index contributed by atoms with van der Waals surface area (Å²) in [5.74, 6) is 0. The minimum absolute atomic E-state index is 0.542. The van der Waals surface area contributed by atoms with E-state index in [1.54, 1.807) is 0 Å². The van der Waals surface area contributed by atoms with E-state index < -0.39 is 5.60 Å². The summed E-state index contributed by atoms with van der Waals surface area (Å²) in [6.07, 6.45) is 17.4. The van der Waals surface area contributed by atoms with Gasteiger partial charge in [-0.25, -0.2) is 0 Å². The Hall–Kier alpha value is -0.560. The monoisotopic (exact) mass is 208 g/mol. The fourth-order valence-corrected chi connectivity index (χ4v) is 2.05. The average molecular weight is 208 g/mol. The molecule has 1 N–H and O–H groups in total. The van der Waals surface area contributed by atoms with E-state index in [-0.39, 0.29) is 0 Å². The molecule has 0 aromatic carbocycles. The first-order valence-electron chi connectivity index (χ1n) is 6.33. The summed E-state index contributed by atoms with van der Waals surface area (Å²) in [5.41, 5.74) is -0.542. The lowest BCUT2D eigenvalue weighted by Crippen LogP contribution is -2.25. The first-order chi connectivity index (χ1) is 7.27. The average Bonchev–Trinajstić information content (AvgIpc) is 2.24. The second-order valence-corrected chi connectivity index (χ2v) is 4.61. The molecule has 1 heteroatoms. The molecule has 0 saturated carbocycles. The molecular formula is C14H24O. The van der Waals surface area contributed by atoms with Gasteiger partial charge in [-0.3, -0.25) is 0 Å².